The normalized spacial score (nSPS) is 10.5. The Labute approximate surface area is 69.1 Å². The zero-order valence-corrected chi connectivity index (χ0v) is 6.58. The number of rotatable bonds is 0. The van der Waals surface area contributed by atoms with Gasteiger partial charge in [0.15, 0.2) is 0 Å². The fraction of sp³-hybridized carbons (Fsp3) is 0.111. The number of nitrogens with zero attached hydrogens (tertiary/aromatic N) is 2. The molecule has 60 valence electrons. The van der Waals surface area contributed by atoms with Gasteiger partial charge in [0.2, 0.25) is 0 Å². The van der Waals surface area contributed by atoms with Crippen molar-refractivity contribution in [1.82, 2.24) is 9.97 Å². The summed E-state index contributed by atoms with van der Waals surface area (Å²) in [6, 6.07) is 3.21. The first-order valence-corrected chi connectivity index (χ1v) is 3.64. The van der Waals surface area contributed by atoms with Crippen LogP contribution in [0.4, 0.5) is 4.39 Å². The van der Waals surface area contributed by atoms with Gasteiger partial charge in [0.1, 0.15) is 5.82 Å². The van der Waals surface area contributed by atoms with Crippen molar-refractivity contribution in [3.63, 3.8) is 0 Å². The molecule has 0 saturated heterocycles. The smallest absolute Gasteiger partial charge is 0.142 e. The highest BCUT2D eigenvalue weighted by atomic mass is 19.1. The van der Waals surface area contributed by atoms with Crippen LogP contribution in [0.2, 0.25) is 0 Å². The minimum absolute atomic E-state index is 0.321. The van der Waals surface area contributed by atoms with Crippen LogP contribution in [0.3, 0.4) is 0 Å². The van der Waals surface area contributed by atoms with Crippen molar-refractivity contribution < 1.29 is 4.39 Å². The van der Waals surface area contributed by atoms with Gasteiger partial charge in [0, 0.05) is 17.3 Å². The molecule has 2 aromatic heterocycles. The highest BCUT2D eigenvalue weighted by molar-refractivity contribution is 5.80. The first-order valence-electron chi connectivity index (χ1n) is 3.64. The third-order valence-electron chi connectivity index (χ3n) is 1.78. The van der Waals surface area contributed by atoms with Gasteiger partial charge in [-0.15, -0.1) is 0 Å². The number of hydrogen-bond acceptors (Lipinski definition) is 2. The molecule has 0 unspecified atom stereocenters. The summed E-state index contributed by atoms with van der Waals surface area (Å²) in [5, 5.41) is 0.775. The van der Waals surface area contributed by atoms with Crippen LogP contribution in [0, 0.1) is 12.7 Å². The van der Waals surface area contributed by atoms with Crippen molar-refractivity contribution in [2.75, 3.05) is 0 Å². The quantitative estimate of drug-likeness (QED) is 0.592. The second kappa shape index (κ2) is 2.52. The second-order valence-corrected chi connectivity index (χ2v) is 2.62. The molecule has 0 aliphatic carbocycles. The molecule has 2 nitrogen and oxygen atoms in total. The minimum Gasteiger partial charge on any atom is -0.261 e. The van der Waals surface area contributed by atoms with Gasteiger partial charge in [-0.2, -0.15) is 0 Å². The Morgan fingerprint density at radius 2 is 2.17 bits per heavy atom. The minimum atomic E-state index is -0.321. The predicted molar refractivity (Wildman–Crippen MR) is 44.2 cm³/mol. The van der Waals surface area contributed by atoms with E-state index in [-0.39, 0.29) is 5.82 Å². The maximum atomic E-state index is 12.7. The summed E-state index contributed by atoms with van der Waals surface area (Å²) in [5.41, 5.74) is 1.59. The Hall–Kier alpha value is -1.51. The van der Waals surface area contributed by atoms with Gasteiger partial charge < -0.3 is 0 Å². The average molecular weight is 162 g/mol. The standard InChI is InChI=1S/C9H7FN2/c1-6-8-4-7(10)5-12-9(8)2-3-11-6/h2-5H,1H3. The Morgan fingerprint density at radius 3 is 3.00 bits per heavy atom. The zero-order valence-electron chi connectivity index (χ0n) is 6.58. The highest BCUT2D eigenvalue weighted by Crippen LogP contribution is 2.14. The summed E-state index contributed by atoms with van der Waals surface area (Å²) in [6.07, 6.45) is 2.88. The van der Waals surface area contributed by atoms with Gasteiger partial charge in [-0.3, -0.25) is 9.97 Å². The van der Waals surface area contributed by atoms with Crippen LogP contribution in [0.1, 0.15) is 5.69 Å². The molecular weight excluding hydrogens is 155 g/mol. The van der Waals surface area contributed by atoms with Gasteiger partial charge in [-0.25, -0.2) is 4.39 Å². The molecule has 0 N–H and O–H groups in total. The molecule has 0 atom stereocenters. The molecule has 0 spiro atoms. The van der Waals surface area contributed by atoms with E-state index in [1.807, 2.05) is 6.92 Å². The number of hydrogen-bond donors (Lipinski definition) is 0. The van der Waals surface area contributed by atoms with E-state index >= 15 is 0 Å². The third kappa shape index (κ3) is 1.03. The molecule has 0 radical (unpaired) electrons. The number of halogens is 1. The van der Waals surface area contributed by atoms with Gasteiger partial charge in [-0.05, 0) is 19.1 Å². The lowest BCUT2D eigenvalue weighted by atomic mass is 10.2. The van der Waals surface area contributed by atoms with Gasteiger partial charge in [-0.1, -0.05) is 0 Å². The van der Waals surface area contributed by atoms with Crippen molar-refractivity contribution >= 4 is 10.9 Å². The number of fused-ring (bicyclic) bond motifs is 1. The van der Waals surface area contributed by atoms with Crippen molar-refractivity contribution in [2.45, 2.75) is 6.92 Å². The second-order valence-electron chi connectivity index (χ2n) is 2.62. The van der Waals surface area contributed by atoms with Gasteiger partial charge >= 0.3 is 0 Å². The van der Waals surface area contributed by atoms with E-state index in [0.29, 0.717) is 0 Å². The molecule has 0 aliphatic heterocycles. The average Bonchev–Trinajstić information content (AvgIpc) is 2.07. The van der Waals surface area contributed by atoms with Crippen LogP contribution < -0.4 is 0 Å². The lowest BCUT2D eigenvalue weighted by Crippen LogP contribution is -1.87. The van der Waals surface area contributed by atoms with Crippen LogP contribution in [0.15, 0.2) is 24.5 Å². The van der Waals surface area contributed by atoms with Crippen molar-refractivity contribution in [1.29, 1.82) is 0 Å². The van der Waals surface area contributed by atoms with E-state index in [1.54, 1.807) is 12.3 Å². The van der Waals surface area contributed by atoms with Crippen molar-refractivity contribution in [3.8, 4) is 0 Å². The Morgan fingerprint density at radius 1 is 1.33 bits per heavy atom. The number of aryl methyl sites for hydroxylation is 1. The number of pyridine rings is 2. The molecule has 12 heavy (non-hydrogen) atoms. The predicted octanol–water partition coefficient (Wildman–Crippen LogP) is 2.08. The van der Waals surface area contributed by atoms with E-state index in [0.717, 1.165) is 16.6 Å². The van der Waals surface area contributed by atoms with Gasteiger partial charge in [0.05, 0.1) is 11.7 Å². The maximum Gasteiger partial charge on any atom is 0.142 e. The molecule has 0 fully saturated rings. The highest BCUT2D eigenvalue weighted by Gasteiger charge is 1.99. The lowest BCUT2D eigenvalue weighted by molar-refractivity contribution is 0.624. The summed E-state index contributed by atoms with van der Waals surface area (Å²) in [5.74, 6) is -0.321. The summed E-state index contributed by atoms with van der Waals surface area (Å²) in [4.78, 5) is 7.97. The summed E-state index contributed by atoms with van der Waals surface area (Å²) in [7, 11) is 0. The van der Waals surface area contributed by atoms with E-state index in [9.17, 15) is 4.39 Å². The molecule has 2 aromatic rings. The molecule has 0 amide bonds. The van der Waals surface area contributed by atoms with E-state index in [1.165, 1.54) is 12.3 Å². The molecule has 0 bridgehead atoms. The lowest BCUT2D eigenvalue weighted by Gasteiger charge is -1.98. The molecule has 3 heteroatoms. The largest absolute Gasteiger partial charge is 0.261 e. The van der Waals surface area contributed by atoms with Gasteiger partial charge in [0.25, 0.3) is 0 Å². The van der Waals surface area contributed by atoms with Crippen LogP contribution in [-0.4, -0.2) is 9.97 Å². The molecule has 0 aliphatic rings. The first-order chi connectivity index (χ1) is 5.77. The van der Waals surface area contributed by atoms with E-state index in [2.05, 4.69) is 9.97 Å². The molecule has 0 saturated carbocycles. The summed E-state index contributed by atoms with van der Waals surface area (Å²) in [6.45, 7) is 1.84. The summed E-state index contributed by atoms with van der Waals surface area (Å²) < 4.78 is 12.7. The Kier molecular flexibility index (Phi) is 1.50. The van der Waals surface area contributed by atoms with Crippen LogP contribution >= 0.6 is 0 Å². The van der Waals surface area contributed by atoms with E-state index < -0.39 is 0 Å². The Balaban J connectivity index is 2.88. The molecule has 2 rings (SSSR count). The fourth-order valence-corrected chi connectivity index (χ4v) is 1.16. The Bertz CT molecular complexity index is 426. The third-order valence-corrected chi connectivity index (χ3v) is 1.78. The molecule has 2 heterocycles. The fourth-order valence-electron chi connectivity index (χ4n) is 1.16. The first kappa shape index (κ1) is 7.16. The SMILES string of the molecule is Cc1nccc2ncc(F)cc12. The monoisotopic (exact) mass is 162 g/mol. The van der Waals surface area contributed by atoms with Crippen molar-refractivity contribution in [2.24, 2.45) is 0 Å². The van der Waals surface area contributed by atoms with Crippen LogP contribution in [0.5, 0.6) is 0 Å². The summed E-state index contributed by atoms with van der Waals surface area (Å²) >= 11 is 0. The van der Waals surface area contributed by atoms with Crippen LogP contribution in [-0.2, 0) is 0 Å². The molecular formula is C9H7FN2. The maximum absolute atomic E-state index is 12.7. The molecule has 0 aromatic carbocycles. The topological polar surface area (TPSA) is 25.8 Å². The number of aromatic nitrogens is 2. The zero-order chi connectivity index (χ0) is 8.55. The van der Waals surface area contributed by atoms with Crippen LogP contribution in [0.25, 0.3) is 10.9 Å². The van der Waals surface area contributed by atoms with E-state index in [4.69, 9.17) is 0 Å². The van der Waals surface area contributed by atoms with Crippen molar-refractivity contribution in [3.05, 3.63) is 36.0 Å².